The predicted molar refractivity (Wildman–Crippen MR) is 98.7 cm³/mol. The van der Waals surface area contributed by atoms with Crippen LogP contribution in [-0.2, 0) is 11.3 Å². The molecule has 9 heteroatoms. The second-order valence-electron chi connectivity index (χ2n) is 5.29. The molecule has 0 saturated carbocycles. The molecule has 3 aromatic rings. The van der Waals surface area contributed by atoms with Gasteiger partial charge in [0, 0.05) is 26.0 Å². The van der Waals surface area contributed by atoms with Crippen molar-refractivity contribution in [2.75, 3.05) is 25.6 Å². The van der Waals surface area contributed by atoms with Crippen LogP contribution in [0.1, 0.15) is 5.69 Å². The normalized spacial score (nSPS) is 10.5. The van der Waals surface area contributed by atoms with Gasteiger partial charge in [-0.05, 0) is 24.3 Å². The zero-order valence-corrected chi connectivity index (χ0v) is 15.0. The molecule has 0 aliphatic carbocycles. The molecule has 0 atom stereocenters. The summed E-state index contributed by atoms with van der Waals surface area (Å²) in [6.07, 6.45) is 3.39. The summed E-state index contributed by atoms with van der Waals surface area (Å²) in [5.41, 5.74) is 1.51. The lowest BCUT2D eigenvalue weighted by Gasteiger charge is -2.21. The lowest BCUT2D eigenvalue weighted by atomic mass is 10.3. The van der Waals surface area contributed by atoms with Crippen LogP contribution >= 0.6 is 11.3 Å². The first kappa shape index (κ1) is 17.9. The van der Waals surface area contributed by atoms with Gasteiger partial charge in [0.15, 0.2) is 5.01 Å². The van der Waals surface area contributed by atoms with Gasteiger partial charge in [-0.1, -0.05) is 23.5 Å². The Hall–Kier alpha value is -2.91. The van der Waals surface area contributed by atoms with Crippen LogP contribution in [0.2, 0.25) is 0 Å². The number of hydrogen-bond donors (Lipinski definition) is 1. The number of aromatic nitrogens is 4. The zero-order chi connectivity index (χ0) is 18.2. The standard InChI is InChI=1S/C17H18N6O2S/c1-25-11-10-23(12-13-6-2-4-8-18-13)17(24)20-16-22-21-15(26-16)14-7-3-5-9-19-14/h2-9H,10-12H2,1H3,(H,20,22,24). The van der Waals surface area contributed by atoms with Crippen molar-refractivity contribution >= 4 is 22.5 Å². The van der Waals surface area contributed by atoms with Crippen molar-refractivity contribution in [3.05, 3.63) is 54.5 Å². The molecular formula is C17H18N6O2S. The highest BCUT2D eigenvalue weighted by molar-refractivity contribution is 7.18. The molecule has 8 nitrogen and oxygen atoms in total. The number of carbonyl (C=O) groups is 1. The van der Waals surface area contributed by atoms with Gasteiger partial charge in [0.25, 0.3) is 0 Å². The van der Waals surface area contributed by atoms with Gasteiger partial charge in [0.05, 0.1) is 18.8 Å². The van der Waals surface area contributed by atoms with E-state index < -0.39 is 0 Å². The molecule has 26 heavy (non-hydrogen) atoms. The number of pyridine rings is 2. The van der Waals surface area contributed by atoms with Gasteiger partial charge in [0.1, 0.15) is 5.69 Å². The fourth-order valence-electron chi connectivity index (χ4n) is 2.18. The first-order valence-electron chi connectivity index (χ1n) is 7.96. The third-order valence-electron chi connectivity index (χ3n) is 3.45. The van der Waals surface area contributed by atoms with E-state index in [9.17, 15) is 4.79 Å². The Labute approximate surface area is 154 Å². The second-order valence-corrected chi connectivity index (χ2v) is 6.27. The van der Waals surface area contributed by atoms with E-state index >= 15 is 0 Å². The van der Waals surface area contributed by atoms with E-state index in [4.69, 9.17) is 4.74 Å². The Morgan fingerprint density at radius 1 is 1.15 bits per heavy atom. The average molecular weight is 370 g/mol. The molecule has 0 radical (unpaired) electrons. The largest absolute Gasteiger partial charge is 0.383 e. The summed E-state index contributed by atoms with van der Waals surface area (Å²) in [5.74, 6) is 0. The van der Waals surface area contributed by atoms with E-state index in [-0.39, 0.29) is 6.03 Å². The van der Waals surface area contributed by atoms with Crippen molar-refractivity contribution in [2.24, 2.45) is 0 Å². The van der Waals surface area contributed by atoms with Crippen LogP contribution in [0.15, 0.2) is 48.8 Å². The quantitative estimate of drug-likeness (QED) is 0.687. The zero-order valence-electron chi connectivity index (χ0n) is 14.2. The molecule has 0 fully saturated rings. The summed E-state index contributed by atoms with van der Waals surface area (Å²) in [5, 5.41) is 12.0. The van der Waals surface area contributed by atoms with Crippen LogP contribution in [-0.4, -0.2) is 51.4 Å². The van der Waals surface area contributed by atoms with Crippen molar-refractivity contribution in [1.29, 1.82) is 0 Å². The Morgan fingerprint density at radius 2 is 1.96 bits per heavy atom. The Bertz CT molecular complexity index is 828. The van der Waals surface area contributed by atoms with Gasteiger partial charge in [-0.2, -0.15) is 0 Å². The van der Waals surface area contributed by atoms with Gasteiger partial charge < -0.3 is 9.64 Å². The minimum Gasteiger partial charge on any atom is -0.383 e. The fourth-order valence-corrected chi connectivity index (χ4v) is 2.89. The molecule has 0 unspecified atom stereocenters. The van der Waals surface area contributed by atoms with E-state index in [2.05, 4.69) is 25.5 Å². The molecule has 3 rings (SSSR count). The summed E-state index contributed by atoms with van der Waals surface area (Å²) in [6.45, 7) is 1.24. The predicted octanol–water partition coefficient (Wildman–Crippen LogP) is 2.68. The number of urea groups is 1. The van der Waals surface area contributed by atoms with Crippen molar-refractivity contribution < 1.29 is 9.53 Å². The molecule has 0 aromatic carbocycles. The maximum atomic E-state index is 12.6. The van der Waals surface area contributed by atoms with Crippen LogP contribution < -0.4 is 5.32 Å². The van der Waals surface area contributed by atoms with E-state index in [1.54, 1.807) is 24.4 Å². The molecule has 0 saturated heterocycles. The summed E-state index contributed by atoms with van der Waals surface area (Å²) >= 11 is 1.27. The second kappa shape index (κ2) is 8.97. The Kier molecular flexibility index (Phi) is 6.18. The highest BCUT2D eigenvalue weighted by atomic mass is 32.1. The number of ether oxygens (including phenoxy) is 1. The molecule has 3 heterocycles. The first-order chi connectivity index (χ1) is 12.8. The number of nitrogens with one attached hydrogen (secondary N) is 1. The minimum absolute atomic E-state index is 0.281. The number of methoxy groups -OCH3 is 1. The molecule has 1 N–H and O–H groups in total. The van der Waals surface area contributed by atoms with Crippen LogP contribution in [0.4, 0.5) is 9.93 Å². The Balaban J connectivity index is 1.68. The summed E-state index contributed by atoms with van der Waals surface area (Å²) in [6, 6.07) is 10.9. The van der Waals surface area contributed by atoms with Crippen molar-refractivity contribution in [3.63, 3.8) is 0 Å². The van der Waals surface area contributed by atoms with Crippen LogP contribution in [0.25, 0.3) is 10.7 Å². The minimum atomic E-state index is -0.281. The SMILES string of the molecule is COCCN(Cc1ccccn1)C(=O)Nc1nnc(-c2ccccn2)s1. The highest BCUT2D eigenvalue weighted by Gasteiger charge is 2.17. The molecule has 3 aromatic heterocycles. The third-order valence-corrected chi connectivity index (χ3v) is 4.32. The van der Waals surface area contributed by atoms with Crippen molar-refractivity contribution in [1.82, 2.24) is 25.1 Å². The van der Waals surface area contributed by atoms with E-state index in [0.29, 0.717) is 29.8 Å². The van der Waals surface area contributed by atoms with Crippen molar-refractivity contribution in [2.45, 2.75) is 6.54 Å². The van der Waals surface area contributed by atoms with Gasteiger partial charge in [-0.15, -0.1) is 10.2 Å². The molecule has 0 bridgehead atoms. The summed E-state index contributed by atoms with van der Waals surface area (Å²) in [4.78, 5) is 22.7. The van der Waals surface area contributed by atoms with Crippen molar-refractivity contribution in [3.8, 4) is 10.7 Å². The van der Waals surface area contributed by atoms with Crippen LogP contribution in [0, 0.1) is 0 Å². The summed E-state index contributed by atoms with van der Waals surface area (Å²) < 4.78 is 5.10. The van der Waals surface area contributed by atoms with Gasteiger partial charge in [-0.3, -0.25) is 15.3 Å². The summed E-state index contributed by atoms with van der Waals surface area (Å²) in [7, 11) is 1.60. The van der Waals surface area contributed by atoms with Gasteiger partial charge in [-0.25, -0.2) is 4.79 Å². The monoisotopic (exact) mass is 370 g/mol. The number of hydrogen-bond acceptors (Lipinski definition) is 7. The number of carbonyl (C=O) groups excluding carboxylic acids is 1. The lowest BCUT2D eigenvalue weighted by molar-refractivity contribution is 0.152. The lowest BCUT2D eigenvalue weighted by Crippen LogP contribution is -2.37. The average Bonchev–Trinajstić information content (AvgIpc) is 3.15. The smallest absolute Gasteiger partial charge is 0.324 e. The van der Waals surface area contributed by atoms with E-state index in [1.165, 1.54) is 11.3 Å². The van der Waals surface area contributed by atoms with Crippen LogP contribution in [0.3, 0.4) is 0 Å². The number of nitrogens with zero attached hydrogens (tertiary/aromatic N) is 5. The Morgan fingerprint density at radius 3 is 2.65 bits per heavy atom. The van der Waals surface area contributed by atoms with E-state index in [1.807, 2.05) is 36.4 Å². The fraction of sp³-hybridized carbons (Fsp3) is 0.235. The molecule has 0 spiro atoms. The number of rotatable bonds is 7. The molecule has 134 valence electrons. The third kappa shape index (κ3) is 4.80. The van der Waals surface area contributed by atoms with E-state index in [0.717, 1.165) is 11.4 Å². The molecule has 0 aliphatic heterocycles. The molecular weight excluding hydrogens is 352 g/mol. The number of amides is 2. The number of anilines is 1. The molecule has 2 amide bonds. The van der Waals surface area contributed by atoms with Gasteiger partial charge in [0.2, 0.25) is 5.13 Å². The topological polar surface area (TPSA) is 93.1 Å². The molecule has 0 aliphatic rings. The first-order valence-corrected chi connectivity index (χ1v) is 8.77. The van der Waals surface area contributed by atoms with Crippen LogP contribution in [0.5, 0.6) is 0 Å². The maximum Gasteiger partial charge on any atom is 0.324 e. The maximum absolute atomic E-state index is 12.6. The highest BCUT2D eigenvalue weighted by Crippen LogP contribution is 2.24. The van der Waals surface area contributed by atoms with Gasteiger partial charge >= 0.3 is 6.03 Å².